The number of hydrazine groups is 1. The van der Waals surface area contributed by atoms with Crippen molar-refractivity contribution < 1.29 is 8.91 Å². The summed E-state index contributed by atoms with van der Waals surface area (Å²) in [5.74, 6) is 6.81. The van der Waals surface area contributed by atoms with E-state index in [0.717, 1.165) is 56.0 Å². The number of nitrogens with two attached hydrogens (primary N) is 1. The average Bonchev–Trinajstić information content (AvgIpc) is 3.04. The van der Waals surface area contributed by atoms with Crippen LogP contribution in [0.3, 0.4) is 0 Å². The van der Waals surface area contributed by atoms with Gasteiger partial charge in [-0.1, -0.05) is 5.16 Å². The van der Waals surface area contributed by atoms with Gasteiger partial charge in [0.15, 0.2) is 5.58 Å². The maximum absolute atomic E-state index is 13.3. The Bertz CT molecular complexity index is 703. The van der Waals surface area contributed by atoms with Crippen LogP contribution in [-0.4, -0.2) is 47.8 Å². The van der Waals surface area contributed by atoms with Crippen molar-refractivity contribution in [3.05, 3.63) is 29.7 Å². The van der Waals surface area contributed by atoms with E-state index in [1.165, 1.54) is 37.9 Å². The molecule has 2 N–H and O–H groups in total. The third-order valence-corrected chi connectivity index (χ3v) is 5.94. The highest BCUT2D eigenvalue weighted by molar-refractivity contribution is 5.79. The first-order valence-electron chi connectivity index (χ1n) is 9.46. The summed E-state index contributed by atoms with van der Waals surface area (Å²) in [4.78, 5) is 2.58. The Morgan fingerprint density at radius 1 is 1.12 bits per heavy atom. The van der Waals surface area contributed by atoms with Gasteiger partial charge in [-0.05, 0) is 69.8 Å². The van der Waals surface area contributed by atoms with Crippen LogP contribution in [-0.2, 0) is 0 Å². The van der Waals surface area contributed by atoms with Gasteiger partial charge in [0.2, 0.25) is 0 Å². The minimum Gasteiger partial charge on any atom is -0.356 e. The fourth-order valence-electron chi connectivity index (χ4n) is 4.26. The fourth-order valence-corrected chi connectivity index (χ4v) is 4.26. The minimum absolute atomic E-state index is 0.273. The highest BCUT2D eigenvalue weighted by Crippen LogP contribution is 2.33. The van der Waals surface area contributed by atoms with Crippen LogP contribution in [0.1, 0.15) is 43.7 Å². The number of piperidine rings is 2. The van der Waals surface area contributed by atoms with Gasteiger partial charge >= 0.3 is 0 Å². The molecular formula is C19H27FN4O. The van der Waals surface area contributed by atoms with Gasteiger partial charge in [0.1, 0.15) is 5.82 Å². The first kappa shape index (κ1) is 16.9. The summed E-state index contributed by atoms with van der Waals surface area (Å²) in [7, 11) is 0. The van der Waals surface area contributed by atoms with Gasteiger partial charge in [0, 0.05) is 30.5 Å². The maximum atomic E-state index is 13.3. The van der Waals surface area contributed by atoms with Crippen LogP contribution in [0.25, 0.3) is 11.0 Å². The second-order valence-corrected chi connectivity index (χ2v) is 7.59. The number of nitrogens with zero attached hydrogens (tertiary/aromatic N) is 3. The topological polar surface area (TPSA) is 58.5 Å². The van der Waals surface area contributed by atoms with E-state index < -0.39 is 0 Å². The van der Waals surface area contributed by atoms with Crippen molar-refractivity contribution in [2.45, 2.75) is 38.0 Å². The normalized spacial score (nSPS) is 22.0. The second kappa shape index (κ2) is 7.40. The van der Waals surface area contributed by atoms with Crippen molar-refractivity contribution in [3.8, 4) is 0 Å². The molecule has 0 saturated carbocycles. The predicted molar refractivity (Wildman–Crippen MR) is 95.5 cm³/mol. The van der Waals surface area contributed by atoms with Crippen LogP contribution in [0.15, 0.2) is 22.7 Å². The summed E-state index contributed by atoms with van der Waals surface area (Å²) >= 11 is 0. The molecular weight excluding hydrogens is 319 g/mol. The molecule has 0 radical (unpaired) electrons. The van der Waals surface area contributed by atoms with E-state index in [4.69, 9.17) is 10.4 Å². The van der Waals surface area contributed by atoms with Crippen LogP contribution in [0.4, 0.5) is 4.39 Å². The first-order valence-corrected chi connectivity index (χ1v) is 9.46. The van der Waals surface area contributed by atoms with Crippen molar-refractivity contribution in [2.75, 3.05) is 32.7 Å². The number of halogens is 1. The maximum Gasteiger partial charge on any atom is 0.170 e. The van der Waals surface area contributed by atoms with Crippen molar-refractivity contribution >= 4 is 11.0 Å². The SMILES string of the molecule is NN1CCC(CCN2CCC(c3noc4cc(F)ccc34)CC2)CC1. The molecule has 0 unspecified atom stereocenters. The zero-order valence-electron chi connectivity index (χ0n) is 14.7. The zero-order valence-corrected chi connectivity index (χ0v) is 14.7. The third-order valence-electron chi connectivity index (χ3n) is 5.94. The Morgan fingerprint density at radius 3 is 2.64 bits per heavy atom. The molecule has 0 spiro atoms. The Kier molecular flexibility index (Phi) is 5.01. The van der Waals surface area contributed by atoms with Gasteiger partial charge in [-0.2, -0.15) is 0 Å². The van der Waals surface area contributed by atoms with Crippen LogP contribution in [0.2, 0.25) is 0 Å². The molecule has 1 aromatic heterocycles. The van der Waals surface area contributed by atoms with Gasteiger partial charge in [-0.3, -0.25) is 5.84 Å². The van der Waals surface area contributed by atoms with E-state index in [9.17, 15) is 4.39 Å². The van der Waals surface area contributed by atoms with Crippen LogP contribution in [0.5, 0.6) is 0 Å². The predicted octanol–water partition coefficient (Wildman–Crippen LogP) is 3.12. The van der Waals surface area contributed by atoms with E-state index in [2.05, 4.69) is 10.1 Å². The molecule has 136 valence electrons. The molecule has 2 fully saturated rings. The Balaban J connectivity index is 1.29. The summed E-state index contributed by atoms with van der Waals surface area (Å²) < 4.78 is 18.6. The molecule has 0 bridgehead atoms. The van der Waals surface area contributed by atoms with E-state index in [-0.39, 0.29) is 5.82 Å². The standard InChI is InChI=1S/C19H27FN4O/c20-16-1-2-17-18(13-16)25-22-19(17)15-6-9-23(10-7-15)8-3-14-4-11-24(21)12-5-14/h1-2,13-15H,3-12,21H2. The summed E-state index contributed by atoms with van der Waals surface area (Å²) in [6, 6.07) is 4.71. The monoisotopic (exact) mass is 346 g/mol. The number of likely N-dealkylation sites (tertiary alicyclic amines) is 1. The lowest BCUT2D eigenvalue weighted by molar-refractivity contribution is 0.153. The molecule has 2 aliphatic rings. The highest BCUT2D eigenvalue weighted by atomic mass is 19.1. The third kappa shape index (κ3) is 3.86. The molecule has 0 aliphatic carbocycles. The summed E-state index contributed by atoms with van der Waals surface area (Å²) in [5, 5.41) is 7.14. The lowest BCUT2D eigenvalue weighted by Gasteiger charge is -2.34. The van der Waals surface area contributed by atoms with Crippen molar-refractivity contribution in [2.24, 2.45) is 11.8 Å². The zero-order chi connectivity index (χ0) is 17.2. The first-order chi connectivity index (χ1) is 12.2. The van der Waals surface area contributed by atoms with Crippen LogP contribution >= 0.6 is 0 Å². The van der Waals surface area contributed by atoms with Gasteiger partial charge < -0.3 is 9.42 Å². The molecule has 25 heavy (non-hydrogen) atoms. The molecule has 3 heterocycles. The highest BCUT2D eigenvalue weighted by Gasteiger charge is 2.26. The van der Waals surface area contributed by atoms with E-state index in [0.29, 0.717) is 11.5 Å². The molecule has 2 saturated heterocycles. The molecule has 2 aliphatic heterocycles. The van der Waals surface area contributed by atoms with E-state index >= 15 is 0 Å². The summed E-state index contributed by atoms with van der Waals surface area (Å²) in [5.41, 5.74) is 1.56. The van der Waals surface area contributed by atoms with Crippen LogP contribution in [0, 0.1) is 11.7 Å². The number of hydrogen-bond acceptors (Lipinski definition) is 5. The molecule has 0 amide bonds. The molecule has 4 rings (SSSR count). The lowest BCUT2D eigenvalue weighted by Crippen LogP contribution is -2.40. The Morgan fingerprint density at radius 2 is 1.88 bits per heavy atom. The van der Waals surface area contributed by atoms with Crippen molar-refractivity contribution in [3.63, 3.8) is 0 Å². The number of hydrogen-bond donors (Lipinski definition) is 1. The fraction of sp³-hybridized carbons (Fsp3) is 0.632. The number of rotatable bonds is 4. The number of aromatic nitrogens is 1. The second-order valence-electron chi connectivity index (χ2n) is 7.59. The summed E-state index contributed by atoms with van der Waals surface area (Å²) in [6.07, 6.45) is 5.94. The van der Waals surface area contributed by atoms with Crippen LogP contribution < -0.4 is 5.84 Å². The van der Waals surface area contributed by atoms with Crippen molar-refractivity contribution in [1.29, 1.82) is 0 Å². The van der Waals surface area contributed by atoms with Crippen molar-refractivity contribution in [1.82, 2.24) is 15.1 Å². The number of fused-ring (bicyclic) bond motifs is 1. The largest absolute Gasteiger partial charge is 0.356 e. The average molecular weight is 346 g/mol. The molecule has 2 aromatic rings. The van der Waals surface area contributed by atoms with Gasteiger partial charge in [-0.15, -0.1) is 0 Å². The van der Waals surface area contributed by atoms with Gasteiger partial charge in [-0.25, -0.2) is 9.40 Å². The quantitative estimate of drug-likeness (QED) is 0.862. The van der Waals surface area contributed by atoms with E-state index in [1.54, 1.807) is 6.07 Å². The minimum atomic E-state index is -0.273. The van der Waals surface area contributed by atoms with E-state index in [1.807, 2.05) is 5.01 Å². The summed E-state index contributed by atoms with van der Waals surface area (Å²) in [6.45, 7) is 5.47. The molecule has 6 heteroatoms. The molecule has 0 atom stereocenters. The Hall–Kier alpha value is -1.50. The lowest BCUT2D eigenvalue weighted by atomic mass is 9.90. The van der Waals surface area contributed by atoms with Gasteiger partial charge in [0.25, 0.3) is 0 Å². The molecule has 5 nitrogen and oxygen atoms in total. The van der Waals surface area contributed by atoms with Gasteiger partial charge in [0.05, 0.1) is 5.69 Å². The Labute approximate surface area is 147 Å². The smallest absolute Gasteiger partial charge is 0.170 e. The number of benzene rings is 1. The molecule has 1 aromatic carbocycles.